The Labute approximate surface area is 121 Å². The molecule has 0 aromatic carbocycles. The minimum atomic E-state index is 0.245. The highest BCUT2D eigenvalue weighted by molar-refractivity contribution is 7.09. The predicted molar refractivity (Wildman–Crippen MR) is 86.1 cm³/mol. The van der Waals surface area contributed by atoms with Crippen LogP contribution in [-0.4, -0.2) is 12.4 Å². The summed E-state index contributed by atoms with van der Waals surface area (Å²) in [5, 5.41) is 0. The molecule has 1 aliphatic carbocycles. The Morgan fingerprint density at radius 2 is 2.00 bits per heavy atom. The lowest BCUT2D eigenvalue weighted by molar-refractivity contribution is 0.318. The van der Waals surface area contributed by atoms with E-state index < -0.39 is 0 Å². The van der Waals surface area contributed by atoms with Crippen LogP contribution in [0.25, 0.3) is 0 Å². The molecule has 1 aromatic rings. The molecular formula is C15H26BNOS. The van der Waals surface area contributed by atoms with Gasteiger partial charge in [-0.25, -0.2) is 0 Å². The van der Waals surface area contributed by atoms with Gasteiger partial charge in [0.15, 0.2) is 0 Å². The van der Waals surface area contributed by atoms with Crippen LogP contribution in [0.3, 0.4) is 0 Å². The Morgan fingerprint density at radius 3 is 2.58 bits per heavy atom. The molecular weight excluding hydrogens is 253 g/mol. The van der Waals surface area contributed by atoms with Crippen molar-refractivity contribution in [3.05, 3.63) is 20.2 Å². The van der Waals surface area contributed by atoms with Gasteiger partial charge in [-0.1, -0.05) is 25.2 Å². The van der Waals surface area contributed by atoms with E-state index in [0.717, 1.165) is 18.3 Å². The third kappa shape index (κ3) is 2.99. The van der Waals surface area contributed by atoms with E-state index in [9.17, 15) is 4.79 Å². The fourth-order valence-corrected chi connectivity index (χ4v) is 4.62. The van der Waals surface area contributed by atoms with E-state index >= 15 is 0 Å². The molecule has 4 heteroatoms. The quantitative estimate of drug-likeness (QED) is 0.762. The first kappa shape index (κ1) is 14.9. The van der Waals surface area contributed by atoms with Crippen molar-refractivity contribution in [2.75, 3.05) is 0 Å². The molecule has 19 heavy (non-hydrogen) atoms. The summed E-state index contributed by atoms with van der Waals surface area (Å²) in [5.41, 5.74) is 1.33. The highest BCUT2D eigenvalue weighted by Crippen LogP contribution is 2.36. The fourth-order valence-electron chi connectivity index (χ4n) is 3.40. The van der Waals surface area contributed by atoms with Crippen LogP contribution < -0.4 is 4.87 Å². The molecule has 0 fully saturated rings. The number of hydrogen-bond acceptors (Lipinski definition) is 2. The summed E-state index contributed by atoms with van der Waals surface area (Å²) < 4.78 is 2.03. The first-order chi connectivity index (χ1) is 8.91. The van der Waals surface area contributed by atoms with Gasteiger partial charge in [-0.05, 0) is 57.2 Å². The maximum absolute atomic E-state index is 12.2. The second-order valence-electron chi connectivity index (χ2n) is 6.68. The van der Waals surface area contributed by atoms with Gasteiger partial charge in [-0.2, -0.15) is 0 Å². The second kappa shape index (κ2) is 5.86. The predicted octanol–water partition coefficient (Wildman–Crippen LogP) is 3.16. The largest absolute Gasteiger partial charge is 0.307 e. The molecule has 106 valence electrons. The molecule has 0 N–H and O–H groups in total. The zero-order chi connectivity index (χ0) is 14.2. The topological polar surface area (TPSA) is 22.0 Å². The standard InChI is InChI=1S/C15H26BNOS/c1-9(2)11-6-5-7-13-14(12(16)8-11)19-15(18)17(13)10(3)4/h9-12H,5-8,16H2,1-4H3. The highest BCUT2D eigenvalue weighted by Gasteiger charge is 2.26. The van der Waals surface area contributed by atoms with Crippen molar-refractivity contribution < 1.29 is 0 Å². The first-order valence-corrected chi connectivity index (χ1v) is 8.47. The van der Waals surface area contributed by atoms with Crippen molar-refractivity contribution in [3.8, 4) is 0 Å². The minimum absolute atomic E-state index is 0.245. The number of rotatable bonds is 2. The lowest BCUT2D eigenvalue weighted by Gasteiger charge is -2.27. The van der Waals surface area contributed by atoms with Gasteiger partial charge >= 0.3 is 4.87 Å². The lowest BCUT2D eigenvalue weighted by Crippen LogP contribution is -2.21. The molecule has 0 spiro atoms. The number of aromatic nitrogens is 1. The molecule has 0 bridgehead atoms. The molecule has 2 unspecified atom stereocenters. The molecule has 0 amide bonds. The molecule has 0 saturated carbocycles. The van der Waals surface area contributed by atoms with Gasteiger partial charge in [0.25, 0.3) is 0 Å². The summed E-state index contributed by atoms with van der Waals surface area (Å²) in [6.07, 6.45) is 4.86. The van der Waals surface area contributed by atoms with Crippen LogP contribution in [0.5, 0.6) is 0 Å². The van der Waals surface area contributed by atoms with Crippen LogP contribution in [0.1, 0.15) is 69.4 Å². The molecule has 2 rings (SSSR count). The van der Waals surface area contributed by atoms with Crippen molar-refractivity contribution >= 4 is 19.2 Å². The van der Waals surface area contributed by atoms with Gasteiger partial charge in [0.2, 0.25) is 0 Å². The van der Waals surface area contributed by atoms with Gasteiger partial charge in [0.1, 0.15) is 7.85 Å². The monoisotopic (exact) mass is 279 g/mol. The summed E-state index contributed by atoms with van der Waals surface area (Å²) in [5.74, 6) is 2.11. The van der Waals surface area contributed by atoms with E-state index in [0.29, 0.717) is 11.9 Å². The minimum Gasteiger partial charge on any atom is -0.300 e. The van der Waals surface area contributed by atoms with E-state index in [2.05, 4.69) is 35.5 Å². The van der Waals surface area contributed by atoms with E-state index in [4.69, 9.17) is 0 Å². The zero-order valence-electron chi connectivity index (χ0n) is 12.9. The summed E-state index contributed by atoms with van der Waals surface area (Å²) in [4.78, 5) is 13.8. The smallest absolute Gasteiger partial charge is 0.300 e. The average molecular weight is 279 g/mol. The third-order valence-electron chi connectivity index (χ3n) is 4.52. The van der Waals surface area contributed by atoms with Crippen LogP contribution in [0.2, 0.25) is 0 Å². The van der Waals surface area contributed by atoms with E-state index in [1.807, 2.05) is 4.57 Å². The van der Waals surface area contributed by atoms with Crippen LogP contribution in [-0.2, 0) is 6.42 Å². The molecule has 1 aromatic heterocycles. The van der Waals surface area contributed by atoms with Crippen LogP contribution in [0.4, 0.5) is 0 Å². The Hall–Kier alpha value is -0.505. The molecule has 0 aliphatic heterocycles. The first-order valence-electron chi connectivity index (χ1n) is 7.65. The van der Waals surface area contributed by atoms with Crippen molar-refractivity contribution in [1.29, 1.82) is 0 Å². The Bertz CT molecular complexity index is 489. The van der Waals surface area contributed by atoms with Crippen molar-refractivity contribution in [1.82, 2.24) is 4.57 Å². The van der Waals surface area contributed by atoms with E-state index in [1.54, 1.807) is 0 Å². The fraction of sp³-hybridized carbons (Fsp3) is 0.800. The molecule has 1 heterocycles. The average Bonchev–Trinajstić information content (AvgIpc) is 2.62. The Kier molecular flexibility index (Phi) is 4.60. The second-order valence-corrected chi connectivity index (χ2v) is 7.67. The van der Waals surface area contributed by atoms with Gasteiger partial charge in [0, 0.05) is 16.6 Å². The molecule has 1 aliphatic rings. The summed E-state index contributed by atoms with van der Waals surface area (Å²) in [7, 11) is 2.31. The molecule has 0 saturated heterocycles. The lowest BCUT2D eigenvalue weighted by atomic mass is 9.72. The molecule has 0 radical (unpaired) electrons. The maximum atomic E-state index is 12.2. The highest BCUT2D eigenvalue weighted by atomic mass is 32.1. The van der Waals surface area contributed by atoms with Gasteiger partial charge in [0.05, 0.1) is 0 Å². The van der Waals surface area contributed by atoms with Crippen molar-refractivity contribution in [2.24, 2.45) is 11.8 Å². The Morgan fingerprint density at radius 1 is 1.32 bits per heavy atom. The van der Waals surface area contributed by atoms with Crippen LogP contribution >= 0.6 is 11.3 Å². The zero-order valence-corrected chi connectivity index (χ0v) is 13.7. The molecule has 2 atom stereocenters. The summed E-state index contributed by atoms with van der Waals surface area (Å²) in [6, 6.07) is 0.292. The number of fused-ring (bicyclic) bond motifs is 1. The van der Waals surface area contributed by atoms with Crippen molar-refractivity contribution in [3.63, 3.8) is 0 Å². The number of thiazole rings is 1. The van der Waals surface area contributed by atoms with Crippen LogP contribution in [0, 0.1) is 11.8 Å². The van der Waals surface area contributed by atoms with E-state index in [1.165, 1.54) is 41.2 Å². The third-order valence-corrected chi connectivity index (χ3v) is 5.75. The maximum Gasteiger partial charge on any atom is 0.307 e. The van der Waals surface area contributed by atoms with E-state index in [-0.39, 0.29) is 4.87 Å². The number of hydrogen-bond donors (Lipinski definition) is 0. The molecule has 2 nitrogen and oxygen atoms in total. The summed E-state index contributed by atoms with van der Waals surface area (Å²) >= 11 is 1.50. The normalized spacial score (nSPS) is 24.3. The Balaban J connectivity index is 2.38. The summed E-state index contributed by atoms with van der Waals surface area (Å²) in [6.45, 7) is 8.91. The van der Waals surface area contributed by atoms with Gasteiger partial charge < -0.3 is 4.57 Å². The number of nitrogens with zero attached hydrogens (tertiary/aromatic N) is 1. The SMILES string of the molecule is BC1CC(C(C)C)CCCc2c1sc(=O)n2C(C)C. The van der Waals surface area contributed by atoms with Crippen molar-refractivity contribution in [2.45, 2.75) is 65.2 Å². The van der Waals surface area contributed by atoms with Gasteiger partial charge in [-0.15, -0.1) is 0 Å². The van der Waals surface area contributed by atoms with Gasteiger partial charge in [-0.3, -0.25) is 4.79 Å². The van der Waals surface area contributed by atoms with Crippen LogP contribution in [0.15, 0.2) is 4.79 Å².